The van der Waals surface area contributed by atoms with Gasteiger partial charge in [-0.2, -0.15) is 4.31 Å². The maximum absolute atomic E-state index is 14.6. The summed E-state index contributed by atoms with van der Waals surface area (Å²) in [5, 5.41) is 0. The zero-order valence-corrected chi connectivity index (χ0v) is 29.1. The molecular formula is C36H46F2N6O3S. The van der Waals surface area contributed by atoms with Gasteiger partial charge in [-0.15, -0.1) is 0 Å². The predicted octanol–water partition coefficient (Wildman–Crippen LogP) is 5.21. The number of amides is 1. The molecule has 9 nitrogen and oxygen atoms in total. The molecule has 2 aromatic carbocycles. The third-order valence-electron chi connectivity index (χ3n) is 11.0. The number of halogens is 2. The number of nitrogens with zero attached hydrogens (tertiary/aromatic N) is 6. The van der Waals surface area contributed by atoms with Gasteiger partial charge in [0.05, 0.1) is 21.8 Å². The molecule has 0 N–H and O–H groups in total. The lowest BCUT2D eigenvalue weighted by atomic mass is 9.82. The molecule has 3 fully saturated rings. The van der Waals surface area contributed by atoms with Crippen LogP contribution in [0.5, 0.6) is 0 Å². The molecule has 3 aromatic rings. The van der Waals surface area contributed by atoms with Gasteiger partial charge in [0, 0.05) is 63.4 Å². The molecule has 3 saturated heterocycles. The summed E-state index contributed by atoms with van der Waals surface area (Å²) in [5.74, 6) is -0.612. The van der Waals surface area contributed by atoms with Crippen molar-refractivity contribution in [2.24, 2.45) is 5.92 Å². The largest absolute Gasteiger partial charge is 0.338 e. The fourth-order valence-electron chi connectivity index (χ4n) is 8.06. The number of benzene rings is 2. The Kier molecular flexibility index (Phi) is 10.00. The first kappa shape index (κ1) is 34.5. The van der Waals surface area contributed by atoms with E-state index >= 15 is 0 Å². The standard InChI is InChI=1S/C36H46F2N6O3S/c1-25-23-42(36(4)14-18-41(19-15-36)35(45)33-26(2)39-24-40-27(33)3)20-21-44(25)34(29-6-5-7-31(38)22-29)28-12-16-43(17-13-28)48(46,47)32-10-8-30(37)9-11-32/h5-11,22,24-25,28,34H,12-21,23H2,1-4H3/t25-,34+/m0/s1. The molecule has 1 aromatic heterocycles. The quantitative estimate of drug-likeness (QED) is 0.339. The van der Waals surface area contributed by atoms with Gasteiger partial charge in [0.15, 0.2) is 0 Å². The second kappa shape index (κ2) is 13.9. The molecule has 0 spiro atoms. The fourth-order valence-corrected chi connectivity index (χ4v) is 9.53. The molecular weight excluding hydrogens is 634 g/mol. The molecule has 0 unspecified atom stereocenters. The van der Waals surface area contributed by atoms with Crippen LogP contribution < -0.4 is 0 Å². The summed E-state index contributed by atoms with van der Waals surface area (Å²) in [4.78, 5) is 29.0. The first-order chi connectivity index (χ1) is 22.9. The molecule has 0 bridgehead atoms. The van der Waals surface area contributed by atoms with Crippen LogP contribution in [0.2, 0.25) is 0 Å². The summed E-state index contributed by atoms with van der Waals surface area (Å²) in [7, 11) is -3.74. The predicted molar refractivity (Wildman–Crippen MR) is 180 cm³/mol. The molecule has 48 heavy (non-hydrogen) atoms. The Morgan fingerprint density at radius 3 is 2.15 bits per heavy atom. The maximum atomic E-state index is 14.6. The molecule has 4 heterocycles. The van der Waals surface area contributed by atoms with Gasteiger partial charge >= 0.3 is 0 Å². The number of likely N-dealkylation sites (tertiary alicyclic amines) is 1. The van der Waals surface area contributed by atoms with Crippen LogP contribution in [0.4, 0.5) is 8.78 Å². The van der Waals surface area contributed by atoms with E-state index < -0.39 is 15.8 Å². The van der Waals surface area contributed by atoms with Crippen molar-refractivity contribution < 1.29 is 22.0 Å². The minimum absolute atomic E-state index is 0.000265. The second-order valence-corrected chi connectivity index (χ2v) is 15.9. The van der Waals surface area contributed by atoms with E-state index in [0.29, 0.717) is 56.0 Å². The zero-order chi connectivity index (χ0) is 34.2. The number of piperazine rings is 1. The number of hydrogen-bond donors (Lipinski definition) is 0. The molecule has 0 saturated carbocycles. The van der Waals surface area contributed by atoms with Gasteiger partial charge in [-0.05, 0) is 101 Å². The third kappa shape index (κ3) is 6.90. The smallest absolute Gasteiger partial charge is 0.257 e. The Morgan fingerprint density at radius 1 is 0.896 bits per heavy atom. The zero-order valence-electron chi connectivity index (χ0n) is 28.3. The van der Waals surface area contributed by atoms with Crippen LogP contribution in [0.3, 0.4) is 0 Å². The normalized spacial score (nSPS) is 22.5. The second-order valence-electron chi connectivity index (χ2n) is 13.9. The van der Waals surface area contributed by atoms with Crippen molar-refractivity contribution in [3.63, 3.8) is 0 Å². The Labute approximate surface area is 283 Å². The summed E-state index contributed by atoms with van der Waals surface area (Å²) in [6.07, 6.45) is 4.51. The van der Waals surface area contributed by atoms with Crippen LogP contribution in [-0.2, 0) is 10.0 Å². The molecule has 12 heteroatoms. The van der Waals surface area contributed by atoms with Crippen LogP contribution in [0.15, 0.2) is 59.8 Å². The number of carbonyl (C=O) groups is 1. The number of hydrogen-bond acceptors (Lipinski definition) is 7. The minimum atomic E-state index is -3.74. The van der Waals surface area contributed by atoms with Gasteiger partial charge in [0.2, 0.25) is 10.0 Å². The molecule has 3 aliphatic heterocycles. The number of piperidine rings is 2. The Bertz CT molecular complexity index is 1700. The van der Waals surface area contributed by atoms with E-state index in [0.717, 1.165) is 38.0 Å². The van der Waals surface area contributed by atoms with E-state index in [4.69, 9.17) is 0 Å². The lowest BCUT2D eigenvalue weighted by molar-refractivity contribution is -0.0422. The number of rotatable bonds is 7. The average molecular weight is 681 g/mol. The Balaban J connectivity index is 1.13. The van der Waals surface area contributed by atoms with E-state index in [1.807, 2.05) is 24.8 Å². The van der Waals surface area contributed by atoms with Crippen molar-refractivity contribution in [1.82, 2.24) is 29.0 Å². The van der Waals surface area contributed by atoms with E-state index in [2.05, 4.69) is 33.6 Å². The van der Waals surface area contributed by atoms with E-state index in [1.165, 1.54) is 41.0 Å². The highest BCUT2D eigenvalue weighted by Gasteiger charge is 2.43. The third-order valence-corrected chi connectivity index (χ3v) is 12.9. The molecule has 1 amide bonds. The number of aromatic nitrogens is 2. The summed E-state index contributed by atoms with van der Waals surface area (Å²) in [6.45, 7) is 12.8. The minimum Gasteiger partial charge on any atom is -0.338 e. The van der Waals surface area contributed by atoms with Crippen molar-refractivity contribution in [3.05, 3.63) is 89.0 Å². The number of aryl methyl sites for hydroxylation is 2. The van der Waals surface area contributed by atoms with Crippen molar-refractivity contribution in [1.29, 1.82) is 0 Å². The highest BCUT2D eigenvalue weighted by molar-refractivity contribution is 7.89. The fraction of sp³-hybridized carbons (Fsp3) is 0.528. The Hall–Kier alpha value is -3.32. The van der Waals surface area contributed by atoms with Crippen LogP contribution in [0, 0.1) is 31.4 Å². The van der Waals surface area contributed by atoms with Crippen LogP contribution in [-0.4, -0.2) is 101 Å². The van der Waals surface area contributed by atoms with Crippen LogP contribution in [0.25, 0.3) is 0 Å². The topological polar surface area (TPSA) is 90.0 Å². The summed E-state index contributed by atoms with van der Waals surface area (Å²) in [5.41, 5.74) is 2.88. The molecule has 6 rings (SSSR count). The molecule has 3 aliphatic rings. The lowest BCUT2D eigenvalue weighted by Crippen LogP contribution is -2.63. The van der Waals surface area contributed by atoms with E-state index in [-0.39, 0.29) is 40.2 Å². The van der Waals surface area contributed by atoms with Gasteiger partial charge in [0.1, 0.15) is 18.0 Å². The van der Waals surface area contributed by atoms with E-state index in [9.17, 15) is 22.0 Å². The van der Waals surface area contributed by atoms with Crippen molar-refractivity contribution in [2.75, 3.05) is 45.8 Å². The highest BCUT2D eigenvalue weighted by Crippen LogP contribution is 2.40. The first-order valence-corrected chi connectivity index (χ1v) is 18.4. The van der Waals surface area contributed by atoms with Crippen molar-refractivity contribution in [2.45, 2.75) is 75.9 Å². The summed E-state index contributed by atoms with van der Waals surface area (Å²) >= 11 is 0. The SMILES string of the molecule is Cc1ncnc(C)c1C(=O)N1CCC(C)(N2CCN([C@@H](c3cccc(F)c3)C3CCN(S(=O)(=O)c4ccc(F)cc4)CC3)[C@@H](C)C2)CC1. The monoisotopic (exact) mass is 680 g/mol. The number of carbonyl (C=O) groups excluding carboxylic acids is 1. The van der Waals surface area contributed by atoms with Gasteiger partial charge < -0.3 is 4.90 Å². The van der Waals surface area contributed by atoms with Gasteiger partial charge in [-0.3, -0.25) is 14.6 Å². The van der Waals surface area contributed by atoms with Crippen LogP contribution >= 0.6 is 0 Å². The average Bonchev–Trinajstić information content (AvgIpc) is 3.06. The van der Waals surface area contributed by atoms with Crippen molar-refractivity contribution >= 4 is 15.9 Å². The van der Waals surface area contributed by atoms with Crippen LogP contribution in [0.1, 0.15) is 72.9 Å². The van der Waals surface area contributed by atoms with Gasteiger partial charge in [0.25, 0.3) is 5.91 Å². The molecule has 2 atom stereocenters. The number of sulfonamides is 1. The maximum Gasteiger partial charge on any atom is 0.257 e. The van der Waals surface area contributed by atoms with E-state index in [1.54, 1.807) is 12.1 Å². The summed E-state index contributed by atoms with van der Waals surface area (Å²) < 4.78 is 56.2. The van der Waals surface area contributed by atoms with Gasteiger partial charge in [-0.25, -0.2) is 27.2 Å². The lowest BCUT2D eigenvalue weighted by Gasteiger charge is -2.54. The van der Waals surface area contributed by atoms with Crippen molar-refractivity contribution in [3.8, 4) is 0 Å². The van der Waals surface area contributed by atoms with Gasteiger partial charge in [-0.1, -0.05) is 12.1 Å². The molecule has 0 radical (unpaired) electrons. The highest BCUT2D eigenvalue weighted by atomic mass is 32.2. The Morgan fingerprint density at radius 2 is 1.54 bits per heavy atom. The molecule has 0 aliphatic carbocycles. The summed E-state index contributed by atoms with van der Waals surface area (Å²) in [6, 6.07) is 11.9. The first-order valence-electron chi connectivity index (χ1n) is 17.0. The molecule has 258 valence electrons.